The molecule has 0 atom stereocenters. The molecule has 7 heteroatoms. The molecule has 6 nitrogen and oxygen atoms in total. The Morgan fingerprint density at radius 2 is 2.26 bits per heavy atom. The molecule has 1 aromatic heterocycles. The minimum Gasteiger partial charge on any atom is -0.477 e. The molecule has 3 heterocycles. The summed E-state index contributed by atoms with van der Waals surface area (Å²) in [4.78, 5) is 11.6. The molecular formula is C16H12N4O2S. The first kappa shape index (κ1) is 14.0. The number of carboxylic acids is 1. The van der Waals surface area contributed by atoms with Gasteiger partial charge in [-0.15, -0.1) is 0 Å². The second-order valence-corrected chi connectivity index (χ2v) is 5.86. The molecule has 1 N–H and O–H groups in total. The Morgan fingerprint density at radius 3 is 3.13 bits per heavy atom. The number of benzene rings is 1. The van der Waals surface area contributed by atoms with Gasteiger partial charge in [-0.25, -0.2) is 9.19 Å². The zero-order valence-electron chi connectivity index (χ0n) is 12.0. The van der Waals surface area contributed by atoms with Crippen molar-refractivity contribution in [2.75, 3.05) is 6.54 Å². The third kappa shape index (κ3) is 2.29. The van der Waals surface area contributed by atoms with Gasteiger partial charge in [0.2, 0.25) is 0 Å². The number of azo groups is 1. The maximum atomic E-state index is 11.6. The second-order valence-electron chi connectivity index (χ2n) is 5.16. The van der Waals surface area contributed by atoms with Gasteiger partial charge in [0.05, 0.1) is 18.3 Å². The minimum absolute atomic E-state index is 0.274. The number of fused-ring (bicyclic) bond motifs is 1. The van der Waals surface area contributed by atoms with Crippen molar-refractivity contribution in [1.29, 1.82) is 0 Å². The molecule has 1 aromatic carbocycles. The first-order valence-corrected chi connectivity index (χ1v) is 7.90. The molecule has 23 heavy (non-hydrogen) atoms. The summed E-state index contributed by atoms with van der Waals surface area (Å²) < 4.78 is 6.07. The number of carboxylic acid groups (broad SMARTS) is 1. The Kier molecular flexibility index (Phi) is 3.34. The molecule has 0 aliphatic carbocycles. The largest absolute Gasteiger partial charge is 0.477 e. The number of carbonyl (C=O) groups is 1. The molecule has 114 valence electrons. The molecule has 0 bridgehead atoms. The lowest BCUT2D eigenvalue weighted by Crippen LogP contribution is -2.08. The fraction of sp³-hybridized carbons (Fsp3) is 0.125. The predicted octanol–water partition coefficient (Wildman–Crippen LogP) is 3.76. The SMILES string of the molecule is O=C(O)c1cc2cccc3c2n1C/C=C\S/N=C\C1=C3CN=N1. The van der Waals surface area contributed by atoms with E-state index in [0.717, 1.165) is 27.7 Å². The molecule has 0 spiro atoms. The summed E-state index contributed by atoms with van der Waals surface area (Å²) in [5.41, 5.74) is 3.83. The van der Waals surface area contributed by atoms with Crippen molar-refractivity contribution in [3.05, 3.63) is 52.7 Å². The topological polar surface area (TPSA) is 79.3 Å². The molecular weight excluding hydrogens is 312 g/mol. The summed E-state index contributed by atoms with van der Waals surface area (Å²) >= 11 is 1.29. The molecule has 0 amide bonds. The molecule has 0 unspecified atom stereocenters. The van der Waals surface area contributed by atoms with Gasteiger partial charge in [0, 0.05) is 35.0 Å². The van der Waals surface area contributed by atoms with Crippen LogP contribution in [-0.4, -0.2) is 28.4 Å². The van der Waals surface area contributed by atoms with E-state index in [-0.39, 0.29) is 5.69 Å². The monoisotopic (exact) mass is 324 g/mol. The first-order chi connectivity index (χ1) is 11.3. The third-order valence-electron chi connectivity index (χ3n) is 3.86. The molecule has 2 aromatic rings. The number of allylic oxidation sites excluding steroid dienone is 2. The van der Waals surface area contributed by atoms with Gasteiger partial charge < -0.3 is 9.67 Å². The van der Waals surface area contributed by atoms with Crippen LogP contribution in [0.3, 0.4) is 0 Å². The van der Waals surface area contributed by atoms with Crippen LogP contribution in [0, 0.1) is 0 Å². The minimum atomic E-state index is -0.936. The molecule has 4 rings (SSSR count). The van der Waals surface area contributed by atoms with E-state index < -0.39 is 5.97 Å². The first-order valence-electron chi connectivity index (χ1n) is 7.06. The second kappa shape index (κ2) is 5.51. The maximum absolute atomic E-state index is 11.6. The van der Waals surface area contributed by atoms with Crippen LogP contribution in [0.2, 0.25) is 0 Å². The van der Waals surface area contributed by atoms with Crippen LogP contribution < -0.4 is 0 Å². The zero-order valence-corrected chi connectivity index (χ0v) is 12.8. The van der Waals surface area contributed by atoms with Gasteiger partial charge in [-0.1, -0.05) is 24.3 Å². The summed E-state index contributed by atoms with van der Waals surface area (Å²) in [6.07, 6.45) is 3.61. The molecule has 0 fully saturated rings. The Hall–Kier alpha value is -2.67. The quantitative estimate of drug-likeness (QED) is 0.811. The highest BCUT2D eigenvalue weighted by atomic mass is 32.2. The van der Waals surface area contributed by atoms with Crippen molar-refractivity contribution >= 4 is 40.6 Å². The Balaban J connectivity index is 2.08. The maximum Gasteiger partial charge on any atom is 0.352 e. The fourth-order valence-electron chi connectivity index (χ4n) is 2.89. The standard InChI is InChI=1S/C16H12N4O2S/c21-16(22)14-7-10-3-1-4-11-12-8-17-19-13(12)9-18-23-6-2-5-20(14)15(10)11/h1-4,6-7,9H,5,8H2,(H,21,22)/b6-2-,18-9-. The molecule has 2 aliphatic rings. The van der Waals surface area contributed by atoms with Crippen LogP contribution >= 0.6 is 11.9 Å². The molecule has 0 saturated heterocycles. The number of hydrogen-bond donors (Lipinski definition) is 1. The van der Waals surface area contributed by atoms with Crippen molar-refractivity contribution in [2.24, 2.45) is 14.6 Å². The van der Waals surface area contributed by atoms with Crippen molar-refractivity contribution in [3.63, 3.8) is 0 Å². The van der Waals surface area contributed by atoms with Gasteiger partial charge in [-0.3, -0.25) is 0 Å². The van der Waals surface area contributed by atoms with Crippen LogP contribution in [0.5, 0.6) is 0 Å². The van der Waals surface area contributed by atoms with E-state index in [1.165, 1.54) is 11.9 Å². The Morgan fingerprint density at radius 1 is 1.35 bits per heavy atom. The number of aromatic nitrogens is 1. The molecule has 0 radical (unpaired) electrons. The van der Waals surface area contributed by atoms with Crippen molar-refractivity contribution in [2.45, 2.75) is 6.54 Å². The highest BCUT2D eigenvalue weighted by molar-refractivity contribution is 8.01. The molecule has 2 aliphatic heterocycles. The van der Waals surface area contributed by atoms with E-state index in [2.05, 4.69) is 14.6 Å². The fourth-order valence-corrected chi connectivity index (χ4v) is 3.30. The molecule has 0 saturated carbocycles. The summed E-state index contributed by atoms with van der Waals surface area (Å²) in [7, 11) is 0. The highest BCUT2D eigenvalue weighted by Crippen LogP contribution is 2.33. The van der Waals surface area contributed by atoms with Gasteiger partial charge in [0.15, 0.2) is 0 Å². The number of rotatable bonds is 1. The van der Waals surface area contributed by atoms with Gasteiger partial charge in [0.1, 0.15) is 11.4 Å². The predicted molar refractivity (Wildman–Crippen MR) is 90.8 cm³/mol. The van der Waals surface area contributed by atoms with E-state index in [1.807, 2.05) is 34.3 Å². The third-order valence-corrected chi connectivity index (χ3v) is 4.40. The average Bonchev–Trinajstić information content (AvgIpc) is 3.14. The van der Waals surface area contributed by atoms with E-state index in [1.54, 1.807) is 12.3 Å². The van der Waals surface area contributed by atoms with E-state index in [4.69, 9.17) is 0 Å². The number of nitrogens with zero attached hydrogens (tertiary/aromatic N) is 4. The normalized spacial score (nSPS) is 19.5. The van der Waals surface area contributed by atoms with E-state index in [9.17, 15) is 9.90 Å². The summed E-state index contributed by atoms with van der Waals surface area (Å²) in [6.45, 7) is 0.952. The van der Waals surface area contributed by atoms with Crippen molar-refractivity contribution < 1.29 is 9.90 Å². The smallest absolute Gasteiger partial charge is 0.352 e. The highest BCUT2D eigenvalue weighted by Gasteiger charge is 2.21. The summed E-state index contributed by atoms with van der Waals surface area (Å²) in [5, 5.41) is 20.5. The lowest BCUT2D eigenvalue weighted by molar-refractivity contribution is 0.0686. The van der Waals surface area contributed by atoms with Crippen molar-refractivity contribution in [1.82, 2.24) is 4.57 Å². The van der Waals surface area contributed by atoms with Crippen LogP contribution in [0.15, 0.2) is 56.1 Å². The van der Waals surface area contributed by atoms with Crippen LogP contribution in [0.4, 0.5) is 0 Å². The van der Waals surface area contributed by atoms with Crippen LogP contribution in [0.25, 0.3) is 16.5 Å². The number of aromatic carboxylic acids is 1. The van der Waals surface area contributed by atoms with E-state index in [0.29, 0.717) is 13.1 Å². The lowest BCUT2D eigenvalue weighted by atomic mass is 10.0. The zero-order chi connectivity index (χ0) is 15.8. The van der Waals surface area contributed by atoms with Gasteiger partial charge >= 0.3 is 5.97 Å². The van der Waals surface area contributed by atoms with Gasteiger partial charge in [0.25, 0.3) is 0 Å². The summed E-state index contributed by atoms with van der Waals surface area (Å²) in [5.74, 6) is -0.936. The van der Waals surface area contributed by atoms with Gasteiger partial charge in [-0.05, 0) is 11.5 Å². The van der Waals surface area contributed by atoms with Crippen molar-refractivity contribution in [3.8, 4) is 0 Å². The number of hydrogen-bond acceptors (Lipinski definition) is 5. The Bertz CT molecular complexity index is 937. The van der Waals surface area contributed by atoms with Crippen LogP contribution in [0.1, 0.15) is 16.1 Å². The van der Waals surface area contributed by atoms with E-state index >= 15 is 0 Å². The lowest BCUT2D eigenvalue weighted by Gasteiger charge is -2.10. The van der Waals surface area contributed by atoms with Gasteiger partial charge in [-0.2, -0.15) is 10.2 Å². The Labute approximate surface area is 136 Å². The van der Waals surface area contributed by atoms with Crippen LogP contribution in [-0.2, 0) is 6.54 Å². The number of para-hydroxylation sites is 1. The average molecular weight is 324 g/mol. The summed E-state index contributed by atoms with van der Waals surface area (Å²) in [6, 6.07) is 7.56.